The van der Waals surface area contributed by atoms with Crippen LogP contribution in [0.3, 0.4) is 0 Å². The van der Waals surface area contributed by atoms with Gasteiger partial charge in [0.15, 0.2) is 0 Å². The van der Waals surface area contributed by atoms with E-state index in [0.717, 1.165) is 40.9 Å². The molecule has 180 valence electrons. The zero-order chi connectivity index (χ0) is 23.5. The Labute approximate surface area is 198 Å². The first kappa shape index (κ1) is 22.8. The Hall–Kier alpha value is -2.01. The zero-order valence-corrected chi connectivity index (χ0v) is 21.3. The predicted molar refractivity (Wildman–Crippen MR) is 134 cm³/mol. The monoisotopic (exact) mass is 451 g/mol. The van der Waals surface area contributed by atoms with Crippen molar-refractivity contribution < 1.29 is 9.53 Å². The highest BCUT2D eigenvalue weighted by Crippen LogP contribution is 2.62. The standard InChI is InChI=1S/C28H41N3O2/c1-18-23(25(32)29-26-27(2,3)19-12-14-28(26,4)17-19)21-10-7-11-22(33-6)24(21)31(18)16-13-20-9-8-15-30(20)5/h7,10-11,19-20,26H,8-9,12-17H2,1-6H3,(H,29,32)/t19-,20?,26?,28?/m1/s1. The van der Waals surface area contributed by atoms with Gasteiger partial charge in [0.05, 0.1) is 18.2 Å². The zero-order valence-electron chi connectivity index (χ0n) is 21.3. The number of aryl methyl sites for hydroxylation is 1. The number of likely N-dealkylation sites (tertiary alicyclic amines) is 1. The van der Waals surface area contributed by atoms with E-state index in [0.29, 0.717) is 12.0 Å². The van der Waals surface area contributed by atoms with Gasteiger partial charge in [-0.2, -0.15) is 0 Å². The van der Waals surface area contributed by atoms with Crippen LogP contribution in [0.25, 0.3) is 10.9 Å². The van der Waals surface area contributed by atoms with Gasteiger partial charge in [0.1, 0.15) is 5.75 Å². The van der Waals surface area contributed by atoms with Crippen LogP contribution in [0.15, 0.2) is 18.2 Å². The van der Waals surface area contributed by atoms with Gasteiger partial charge in [-0.05, 0) is 81.9 Å². The minimum atomic E-state index is 0.0781. The molecule has 4 atom stereocenters. The van der Waals surface area contributed by atoms with Gasteiger partial charge in [-0.1, -0.05) is 32.9 Å². The van der Waals surface area contributed by atoms with Crippen molar-refractivity contribution in [2.75, 3.05) is 20.7 Å². The van der Waals surface area contributed by atoms with Crippen LogP contribution in [0, 0.1) is 23.7 Å². The molecule has 1 aromatic heterocycles. The highest BCUT2D eigenvalue weighted by atomic mass is 16.5. The van der Waals surface area contributed by atoms with E-state index in [9.17, 15) is 4.79 Å². The molecule has 1 aliphatic heterocycles. The van der Waals surface area contributed by atoms with E-state index in [2.05, 4.69) is 55.6 Å². The quantitative estimate of drug-likeness (QED) is 0.641. The minimum Gasteiger partial charge on any atom is -0.495 e. The molecule has 2 aromatic rings. The van der Waals surface area contributed by atoms with E-state index in [1.807, 2.05) is 12.1 Å². The van der Waals surface area contributed by atoms with Crippen LogP contribution in [0.5, 0.6) is 5.75 Å². The van der Waals surface area contributed by atoms with E-state index in [4.69, 9.17) is 4.74 Å². The molecular formula is C28H41N3O2. The van der Waals surface area contributed by atoms with Gasteiger partial charge < -0.3 is 19.5 Å². The molecule has 5 heteroatoms. The molecule has 0 spiro atoms. The first-order valence-electron chi connectivity index (χ1n) is 12.8. The van der Waals surface area contributed by atoms with Gasteiger partial charge in [-0.3, -0.25) is 4.79 Å². The summed E-state index contributed by atoms with van der Waals surface area (Å²) in [6.45, 7) is 11.3. The number of ether oxygens (including phenoxy) is 1. The predicted octanol–water partition coefficient (Wildman–Crippen LogP) is 5.39. The number of amides is 1. The molecule has 1 saturated heterocycles. The van der Waals surface area contributed by atoms with Gasteiger partial charge in [0.25, 0.3) is 5.91 Å². The molecule has 3 unspecified atom stereocenters. The van der Waals surface area contributed by atoms with Crippen molar-refractivity contribution in [3.05, 3.63) is 29.5 Å². The fraction of sp³-hybridized carbons (Fsp3) is 0.679. The second-order valence-corrected chi connectivity index (χ2v) is 11.9. The molecule has 2 aliphatic carbocycles. The summed E-state index contributed by atoms with van der Waals surface area (Å²) in [4.78, 5) is 16.4. The van der Waals surface area contributed by atoms with E-state index in [1.165, 1.54) is 38.6 Å². The molecule has 2 saturated carbocycles. The van der Waals surface area contributed by atoms with Crippen LogP contribution >= 0.6 is 0 Å². The Bertz CT molecular complexity index is 1070. The van der Waals surface area contributed by atoms with E-state index < -0.39 is 0 Å². The molecule has 0 radical (unpaired) electrons. The lowest BCUT2D eigenvalue weighted by molar-refractivity contribution is 0.0738. The Balaban J connectivity index is 1.50. The maximum atomic E-state index is 13.9. The van der Waals surface area contributed by atoms with E-state index in [-0.39, 0.29) is 22.8 Å². The summed E-state index contributed by atoms with van der Waals surface area (Å²) in [6, 6.07) is 6.94. The van der Waals surface area contributed by atoms with Crippen LogP contribution in [0.2, 0.25) is 0 Å². The molecule has 3 aliphatic rings. The second-order valence-electron chi connectivity index (χ2n) is 11.9. The molecular weight excluding hydrogens is 410 g/mol. The highest BCUT2D eigenvalue weighted by Gasteiger charge is 2.59. The number of fused-ring (bicyclic) bond motifs is 3. The number of para-hydroxylation sites is 1. The number of carbonyl (C=O) groups excluding carboxylic acids is 1. The minimum absolute atomic E-state index is 0.0781. The maximum Gasteiger partial charge on any atom is 0.253 e. The number of methoxy groups -OCH3 is 1. The second kappa shape index (κ2) is 8.04. The summed E-state index contributed by atoms with van der Waals surface area (Å²) in [5.41, 5.74) is 3.28. The van der Waals surface area contributed by atoms with Crippen molar-refractivity contribution in [3.63, 3.8) is 0 Å². The molecule has 5 nitrogen and oxygen atoms in total. The van der Waals surface area contributed by atoms with Gasteiger partial charge in [-0.15, -0.1) is 0 Å². The lowest BCUT2D eigenvalue weighted by Gasteiger charge is -2.43. The normalized spacial score (nSPS) is 30.9. The summed E-state index contributed by atoms with van der Waals surface area (Å²) in [7, 11) is 3.96. The van der Waals surface area contributed by atoms with Crippen molar-refractivity contribution >= 4 is 16.8 Å². The average molecular weight is 452 g/mol. The molecule has 1 amide bonds. The molecule has 3 fully saturated rings. The van der Waals surface area contributed by atoms with Crippen LogP contribution in [-0.2, 0) is 6.54 Å². The number of nitrogens with one attached hydrogen (secondary N) is 1. The van der Waals surface area contributed by atoms with Crippen LogP contribution in [0.1, 0.15) is 75.3 Å². The number of benzene rings is 1. The number of hydrogen-bond donors (Lipinski definition) is 1. The molecule has 5 rings (SSSR count). The summed E-state index contributed by atoms with van der Waals surface area (Å²) in [5.74, 6) is 1.63. The van der Waals surface area contributed by atoms with Crippen molar-refractivity contribution in [1.82, 2.24) is 14.8 Å². The first-order chi connectivity index (χ1) is 15.7. The third-order valence-corrected chi connectivity index (χ3v) is 9.65. The number of aromatic nitrogens is 1. The lowest BCUT2D eigenvalue weighted by Crippen LogP contribution is -2.52. The number of hydrogen-bond acceptors (Lipinski definition) is 3. The molecule has 33 heavy (non-hydrogen) atoms. The fourth-order valence-corrected chi connectivity index (χ4v) is 7.72. The Morgan fingerprint density at radius 2 is 2.03 bits per heavy atom. The van der Waals surface area contributed by atoms with Crippen molar-refractivity contribution in [3.8, 4) is 5.75 Å². The van der Waals surface area contributed by atoms with Crippen molar-refractivity contribution in [2.24, 2.45) is 16.7 Å². The topological polar surface area (TPSA) is 46.5 Å². The fourth-order valence-electron chi connectivity index (χ4n) is 7.72. The van der Waals surface area contributed by atoms with Gasteiger partial charge in [0.2, 0.25) is 0 Å². The van der Waals surface area contributed by atoms with Gasteiger partial charge >= 0.3 is 0 Å². The summed E-state index contributed by atoms with van der Waals surface area (Å²) in [6.07, 6.45) is 7.37. The number of rotatable bonds is 6. The largest absolute Gasteiger partial charge is 0.495 e. The number of carbonyl (C=O) groups is 1. The summed E-state index contributed by atoms with van der Waals surface area (Å²) in [5, 5.41) is 4.55. The van der Waals surface area contributed by atoms with Gasteiger partial charge in [-0.25, -0.2) is 0 Å². The van der Waals surface area contributed by atoms with Crippen LogP contribution < -0.4 is 10.1 Å². The first-order valence-corrected chi connectivity index (χ1v) is 12.8. The van der Waals surface area contributed by atoms with Crippen LogP contribution in [0.4, 0.5) is 0 Å². The molecule has 2 bridgehead atoms. The highest BCUT2D eigenvalue weighted by molar-refractivity contribution is 6.09. The molecule has 1 N–H and O–H groups in total. The molecule has 2 heterocycles. The lowest BCUT2D eigenvalue weighted by atomic mass is 9.68. The Morgan fingerprint density at radius 3 is 2.67 bits per heavy atom. The Kier molecular flexibility index (Phi) is 5.55. The summed E-state index contributed by atoms with van der Waals surface area (Å²) >= 11 is 0. The van der Waals surface area contributed by atoms with Gasteiger partial charge in [0, 0.05) is 29.7 Å². The number of nitrogens with zero attached hydrogens (tertiary/aromatic N) is 2. The summed E-state index contributed by atoms with van der Waals surface area (Å²) < 4.78 is 8.11. The molecule has 1 aromatic carbocycles. The maximum absolute atomic E-state index is 13.9. The van der Waals surface area contributed by atoms with Crippen molar-refractivity contribution in [1.29, 1.82) is 0 Å². The average Bonchev–Trinajstić information content (AvgIpc) is 3.49. The third-order valence-electron chi connectivity index (χ3n) is 9.65. The SMILES string of the molecule is COc1cccc2c(C(=O)NC3C4(C)CC[C@H](C4)C3(C)C)c(C)n(CCC3CCCN3C)c12. The van der Waals surface area contributed by atoms with Crippen LogP contribution in [-0.4, -0.2) is 48.2 Å². The van der Waals surface area contributed by atoms with E-state index in [1.54, 1.807) is 7.11 Å². The smallest absolute Gasteiger partial charge is 0.253 e. The third kappa shape index (κ3) is 3.50. The van der Waals surface area contributed by atoms with Crippen molar-refractivity contribution in [2.45, 2.75) is 84.8 Å². The Morgan fingerprint density at radius 1 is 1.24 bits per heavy atom. The van der Waals surface area contributed by atoms with E-state index >= 15 is 0 Å².